The van der Waals surface area contributed by atoms with Gasteiger partial charge in [-0.05, 0) is 13.8 Å². The van der Waals surface area contributed by atoms with E-state index in [2.05, 4.69) is 34.7 Å². The molecule has 0 aromatic rings. The lowest BCUT2D eigenvalue weighted by atomic mass is 9.89. The molecule has 0 aliphatic carbocycles. The van der Waals surface area contributed by atoms with E-state index < -0.39 is 0 Å². The Bertz CT molecular complexity index is 132. The smallest absolute Gasteiger partial charge is 0.129 e. The number of nitrogens with zero attached hydrogens (tertiary/aromatic N) is 1. The van der Waals surface area contributed by atoms with Crippen molar-refractivity contribution in [2.45, 2.75) is 33.2 Å². The third-order valence-electron chi connectivity index (χ3n) is 3.70. The standard InChI is InChI=1S/C9H20N/c1-8(2)9(3,4)10(5)6-7-10/h8H,6-7H2,1-5H3/q+1. The predicted octanol–water partition coefficient (Wildman–Crippen LogP) is 1.88. The molecule has 60 valence electrons. The van der Waals surface area contributed by atoms with Gasteiger partial charge in [0, 0.05) is 5.92 Å². The number of likely N-dealkylation sites (N-methyl/N-ethyl adjacent to an activating group) is 1. The Morgan fingerprint density at radius 3 is 1.70 bits per heavy atom. The highest BCUT2D eigenvalue weighted by molar-refractivity contribution is 4.78. The van der Waals surface area contributed by atoms with Crippen molar-refractivity contribution >= 4 is 0 Å². The van der Waals surface area contributed by atoms with Crippen molar-refractivity contribution in [2.24, 2.45) is 5.92 Å². The van der Waals surface area contributed by atoms with Gasteiger partial charge in [0.15, 0.2) is 0 Å². The van der Waals surface area contributed by atoms with Gasteiger partial charge in [-0.1, -0.05) is 13.8 Å². The van der Waals surface area contributed by atoms with Gasteiger partial charge in [-0.2, -0.15) is 0 Å². The summed E-state index contributed by atoms with van der Waals surface area (Å²) in [6.45, 7) is 12.2. The molecular formula is C9H20N+. The Morgan fingerprint density at radius 1 is 1.20 bits per heavy atom. The molecule has 0 aromatic heterocycles. The molecule has 0 atom stereocenters. The van der Waals surface area contributed by atoms with E-state index in [9.17, 15) is 0 Å². The average molecular weight is 142 g/mol. The zero-order chi connectivity index (χ0) is 7.99. The normalized spacial score (nSPS) is 23.4. The summed E-state index contributed by atoms with van der Waals surface area (Å²) in [6, 6.07) is 0. The van der Waals surface area contributed by atoms with Crippen LogP contribution in [0.15, 0.2) is 0 Å². The third-order valence-corrected chi connectivity index (χ3v) is 3.70. The lowest BCUT2D eigenvalue weighted by Crippen LogP contribution is -2.47. The van der Waals surface area contributed by atoms with E-state index in [4.69, 9.17) is 0 Å². The first kappa shape index (κ1) is 8.06. The molecular weight excluding hydrogens is 122 g/mol. The SMILES string of the molecule is CC(C)C(C)(C)[N+]1(C)CC1. The van der Waals surface area contributed by atoms with Gasteiger partial charge in [0.1, 0.15) is 13.1 Å². The van der Waals surface area contributed by atoms with Crippen LogP contribution in [0.4, 0.5) is 0 Å². The quantitative estimate of drug-likeness (QED) is 0.408. The van der Waals surface area contributed by atoms with Crippen LogP contribution in [0.1, 0.15) is 27.7 Å². The topological polar surface area (TPSA) is 0 Å². The zero-order valence-corrected chi connectivity index (χ0v) is 7.94. The van der Waals surface area contributed by atoms with E-state index in [0.717, 1.165) is 5.92 Å². The minimum Gasteiger partial charge on any atom is -0.312 e. The largest absolute Gasteiger partial charge is 0.312 e. The van der Waals surface area contributed by atoms with Crippen LogP contribution in [0.25, 0.3) is 0 Å². The summed E-state index contributed by atoms with van der Waals surface area (Å²) in [5.74, 6) is 0.792. The van der Waals surface area contributed by atoms with Gasteiger partial charge in [-0.25, -0.2) is 0 Å². The van der Waals surface area contributed by atoms with Gasteiger partial charge in [0.25, 0.3) is 0 Å². The Kier molecular flexibility index (Phi) is 1.59. The van der Waals surface area contributed by atoms with Gasteiger partial charge in [0.05, 0.1) is 12.6 Å². The molecule has 1 nitrogen and oxygen atoms in total. The highest BCUT2D eigenvalue weighted by atomic mass is 15.5. The maximum absolute atomic E-state index is 2.38. The fraction of sp³-hybridized carbons (Fsp3) is 1.00. The molecule has 1 heterocycles. The predicted molar refractivity (Wildman–Crippen MR) is 44.8 cm³/mol. The molecule has 0 N–H and O–H groups in total. The van der Waals surface area contributed by atoms with Crippen LogP contribution in [0.3, 0.4) is 0 Å². The van der Waals surface area contributed by atoms with Crippen molar-refractivity contribution in [3.8, 4) is 0 Å². The van der Waals surface area contributed by atoms with Crippen molar-refractivity contribution in [2.75, 3.05) is 20.1 Å². The fourth-order valence-corrected chi connectivity index (χ4v) is 1.35. The molecule has 0 radical (unpaired) electrons. The summed E-state index contributed by atoms with van der Waals surface area (Å²) in [5.41, 5.74) is 0.486. The highest BCUT2D eigenvalue weighted by Gasteiger charge is 2.51. The molecule has 0 bridgehead atoms. The van der Waals surface area contributed by atoms with Crippen LogP contribution < -0.4 is 0 Å². The minimum absolute atomic E-state index is 0.486. The van der Waals surface area contributed by atoms with Gasteiger partial charge in [-0.15, -0.1) is 0 Å². The van der Waals surface area contributed by atoms with Crippen LogP contribution in [0.5, 0.6) is 0 Å². The van der Waals surface area contributed by atoms with Crippen molar-refractivity contribution in [1.82, 2.24) is 0 Å². The summed E-state index contributed by atoms with van der Waals surface area (Å²) >= 11 is 0. The lowest BCUT2D eigenvalue weighted by Gasteiger charge is -2.36. The molecule has 1 fully saturated rings. The summed E-state index contributed by atoms with van der Waals surface area (Å²) in [6.07, 6.45) is 0. The van der Waals surface area contributed by atoms with Crippen LogP contribution in [-0.4, -0.2) is 30.2 Å². The van der Waals surface area contributed by atoms with E-state index in [1.165, 1.54) is 17.6 Å². The Balaban J connectivity index is 2.67. The maximum atomic E-state index is 2.38. The molecule has 1 saturated heterocycles. The molecule has 1 heteroatoms. The second-order valence-corrected chi connectivity index (χ2v) is 4.65. The first-order valence-electron chi connectivity index (χ1n) is 4.25. The summed E-state index contributed by atoms with van der Waals surface area (Å²) in [5, 5.41) is 0. The van der Waals surface area contributed by atoms with E-state index in [-0.39, 0.29) is 0 Å². The van der Waals surface area contributed by atoms with Crippen LogP contribution in [0.2, 0.25) is 0 Å². The molecule has 10 heavy (non-hydrogen) atoms. The Labute approximate surface area is 64.6 Å². The van der Waals surface area contributed by atoms with Crippen molar-refractivity contribution < 1.29 is 4.48 Å². The second-order valence-electron chi connectivity index (χ2n) is 4.65. The first-order chi connectivity index (χ1) is 4.40. The summed E-state index contributed by atoms with van der Waals surface area (Å²) in [4.78, 5) is 0. The monoisotopic (exact) mass is 142 g/mol. The number of rotatable bonds is 2. The van der Waals surface area contributed by atoms with Crippen LogP contribution in [0, 0.1) is 5.92 Å². The zero-order valence-electron chi connectivity index (χ0n) is 7.94. The van der Waals surface area contributed by atoms with Gasteiger partial charge in [0.2, 0.25) is 0 Å². The van der Waals surface area contributed by atoms with Crippen LogP contribution in [-0.2, 0) is 0 Å². The number of quaternary nitrogens is 1. The highest BCUT2D eigenvalue weighted by Crippen LogP contribution is 2.36. The van der Waals surface area contributed by atoms with Gasteiger partial charge >= 0.3 is 0 Å². The molecule has 1 aliphatic heterocycles. The number of hydrogen-bond donors (Lipinski definition) is 0. The summed E-state index contributed by atoms with van der Waals surface area (Å²) in [7, 11) is 2.36. The first-order valence-corrected chi connectivity index (χ1v) is 4.25. The Morgan fingerprint density at radius 2 is 1.60 bits per heavy atom. The van der Waals surface area contributed by atoms with E-state index in [0.29, 0.717) is 5.54 Å². The molecule has 0 saturated carbocycles. The Hall–Kier alpha value is -0.0400. The van der Waals surface area contributed by atoms with E-state index in [1.54, 1.807) is 0 Å². The molecule has 0 unspecified atom stereocenters. The minimum atomic E-state index is 0.486. The van der Waals surface area contributed by atoms with Crippen molar-refractivity contribution in [3.63, 3.8) is 0 Å². The van der Waals surface area contributed by atoms with Crippen LogP contribution >= 0.6 is 0 Å². The van der Waals surface area contributed by atoms with Crippen molar-refractivity contribution in [3.05, 3.63) is 0 Å². The van der Waals surface area contributed by atoms with E-state index in [1.807, 2.05) is 0 Å². The molecule has 0 amide bonds. The fourth-order valence-electron chi connectivity index (χ4n) is 1.35. The number of hydrogen-bond acceptors (Lipinski definition) is 0. The lowest BCUT2D eigenvalue weighted by molar-refractivity contribution is -0.838. The second kappa shape index (κ2) is 1.97. The van der Waals surface area contributed by atoms with Crippen molar-refractivity contribution in [1.29, 1.82) is 0 Å². The third kappa shape index (κ3) is 0.968. The summed E-state index contributed by atoms with van der Waals surface area (Å²) < 4.78 is 1.28. The molecule has 0 spiro atoms. The van der Waals surface area contributed by atoms with Gasteiger partial charge < -0.3 is 4.48 Å². The van der Waals surface area contributed by atoms with E-state index >= 15 is 0 Å². The average Bonchev–Trinajstić information content (AvgIpc) is 2.48. The molecule has 1 aliphatic rings. The maximum Gasteiger partial charge on any atom is 0.129 e. The molecule has 0 aromatic carbocycles. The molecule has 1 rings (SSSR count). The van der Waals surface area contributed by atoms with Gasteiger partial charge in [-0.3, -0.25) is 0 Å².